The summed E-state index contributed by atoms with van der Waals surface area (Å²) in [6.45, 7) is 8.55. The first-order valence-electron chi connectivity index (χ1n) is 6.64. The molecule has 0 spiro atoms. The fraction of sp³-hybridized carbons (Fsp3) is 0.600. The highest BCUT2D eigenvalue weighted by molar-refractivity contribution is 5.39. The van der Waals surface area contributed by atoms with E-state index in [2.05, 4.69) is 13.8 Å². The zero-order valence-corrected chi connectivity index (χ0v) is 11.8. The number of hydrogen-bond donors (Lipinski definition) is 1. The zero-order valence-electron chi connectivity index (χ0n) is 11.8. The lowest BCUT2D eigenvalue weighted by Crippen LogP contribution is -2.13. The van der Waals surface area contributed by atoms with Crippen molar-refractivity contribution in [1.29, 1.82) is 0 Å². The van der Waals surface area contributed by atoms with Gasteiger partial charge in [-0.05, 0) is 43.9 Å². The quantitative estimate of drug-likeness (QED) is 0.832. The first kappa shape index (κ1) is 15.0. The average Bonchev–Trinajstić information content (AvgIpc) is 2.30. The highest BCUT2D eigenvalue weighted by Gasteiger charge is 2.13. The molecule has 0 radical (unpaired) electrons. The summed E-state index contributed by atoms with van der Waals surface area (Å²) >= 11 is 0. The van der Waals surface area contributed by atoms with Gasteiger partial charge in [-0.15, -0.1) is 0 Å². The van der Waals surface area contributed by atoms with Crippen LogP contribution in [0.4, 0.5) is 4.39 Å². The molecule has 0 aliphatic carbocycles. The van der Waals surface area contributed by atoms with Crippen molar-refractivity contribution in [2.75, 3.05) is 6.61 Å². The summed E-state index contributed by atoms with van der Waals surface area (Å²) in [6.07, 6.45) is 2.28. The van der Waals surface area contributed by atoms with E-state index < -0.39 is 0 Å². The Labute approximate surface area is 109 Å². The molecule has 0 amide bonds. The normalized spacial score (nSPS) is 14.3. The predicted molar refractivity (Wildman–Crippen MR) is 73.3 cm³/mol. The molecule has 0 saturated carbocycles. The summed E-state index contributed by atoms with van der Waals surface area (Å²) in [6, 6.07) is 3.00. The Morgan fingerprint density at radius 3 is 2.56 bits per heavy atom. The lowest BCUT2D eigenvalue weighted by molar-refractivity contribution is 0.248. The van der Waals surface area contributed by atoms with Gasteiger partial charge in [0.25, 0.3) is 0 Å². The van der Waals surface area contributed by atoms with Gasteiger partial charge in [-0.3, -0.25) is 0 Å². The molecule has 1 unspecified atom stereocenters. The van der Waals surface area contributed by atoms with Gasteiger partial charge >= 0.3 is 0 Å². The second kappa shape index (κ2) is 6.74. The van der Waals surface area contributed by atoms with Crippen molar-refractivity contribution in [1.82, 2.24) is 0 Å². The molecule has 3 heteroatoms. The molecule has 2 atom stereocenters. The molecule has 0 aromatic heterocycles. The van der Waals surface area contributed by atoms with Gasteiger partial charge in [-0.1, -0.05) is 20.3 Å². The molecule has 1 aromatic carbocycles. The summed E-state index contributed by atoms with van der Waals surface area (Å²) in [4.78, 5) is 0. The van der Waals surface area contributed by atoms with Crippen LogP contribution in [-0.4, -0.2) is 6.61 Å². The SMILES string of the molecule is CCCC(C)COc1cc(C)c(F)cc1[C@H](C)N. The highest BCUT2D eigenvalue weighted by Crippen LogP contribution is 2.27. The molecular weight excluding hydrogens is 229 g/mol. The van der Waals surface area contributed by atoms with Gasteiger partial charge in [0, 0.05) is 11.6 Å². The van der Waals surface area contributed by atoms with Gasteiger partial charge in [-0.2, -0.15) is 0 Å². The summed E-state index contributed by atoms with van der Waals surface area (Å²) in [5.41, 5.74) is 7.18. The van der Waals surface area contributed by atoms with Crippen LogP contribution in [0, 0.1) is 18.7 Å². The van der Waals surface area contributed by atoms with Crippen LogP contribution in [0.3, 0.4) is 0 Å². The van der Waals surface area contributed by atoms with Crippen LogP contribution in [0.5, 0.6) is 5.75 Å². The third-order valence-corrected chi connectivity index (χ3v) is 3.09. The molecule has 0 fully saturated rings. The van der Waals surface area contributed by atoms with Crippen LogP contribution in [-0.2, 0) is 0 Å². The smallest absolute Gasteiger partial charge is 0.126 e. The molecule has 0 aliphatic rings. The molecule has 2 nitrogen and oxygen atoms in total. The van der Waals surface area contributed by atoms with E-state index in [-0.39, 0.29) is 11.9 Å². The van der Waals surface area contributed by atoms with E-state index in [9.17, 15) is 4.39 Å². The minimum Gasteiger partial charge on any atom is -0.493 e. The number of rotatable bonds is 6. The highest BCUT2D eigenvalue weighted by atomic mass is 19.1. The summed E-state index contributed by atoms with van der Waals surface area (Å²) in [5.74, 6) is 0.990. The molecule has 0 aliphatic heterocycles. The molecular formula is C15H24FNO. The first-order chi connectivity index (χ1) is 8.45. The van der Waals surface area contributed by atoms with Crippen molar-refractivity contribution in [2.45, 2.75) is 46.6 Å². The average molecular weight is 253 g/mol. The lowest BCUT2D eigenvalue weighted by atomic mass is 10.0. The zero-order chi connectivity index (χ0) is 13.7. The minimum atomic E-state index is -0.226. The lowest BCUT2D eigenvalue weighted by Gasteiger charge is -2.18. The van der Waals surface area contributed by atoms with E-state index in [1.165, 1.54) is 6.07 Å². The number of aryl methyl sites for hydroxylation is 1. The van der Waals surface area contributed by atoms with Gasteiger partial charge in [-0.25, -0.2) is 4.39 Å². The number of ether oxygens (including phenoxy) is 1. The van der Waals surface area contributed by atoms with Crippen molar-refractivity contribution < 1.29 is 9.13 Å². The number of nitrogens with two attached hydrogens (primary N) is 1. The van der Waals surface area contributed by atoms with Gasteiger partial charge in [0.2, 0.25) is 0 Å². The Hall–Kier alpha value is -1.09. The van der Waals surface area contributed by atoms with Crippen LogP contribution in [0.2, 0.25) is 0 Å². The van der Waals surface area contributed by atoms with Crippen molar-refractivity contribution >= 4 is 0 Å². The fourth-order valence-electron chi connectivity index (χ4n) is 1.96. The van der Waals surface area contributed by atoms with E-state index in [0.717, 1.165) is 18.4 Å². The van der Waals surface area contributed by atoms with Crippen LogP contribution in [0.25, 0.3) is 0 Å². The summed E-state index contributed by atoms with van der Waals surface area (Å²) in [5, 5.41) is 0. The Balaban J connectivity index is 2.83. The molecule has 2 N–H and O–H groups in total. The topological polar surface area (TPSA) is 35.2 Å². The molecule has 18 heavy (non-hydrogen) atoms. The molecule has 0 heterocycles. The van der Waals surface area contributed by atoms with Crippen LogP contribution in [0.1, 0.15) is 50.8 Å². The number of benzene rings is 1. The fourth-order valence-corrected chi connectivity index (χ4v) is 1.96. The third kappa shape index (κ3) is 3.98. The van der Waals surface area contributed by atoms with Crippen LogP contribution < -0.4 is 10.5 Å². The molecule has 1 rings (SSSR count). The summed E-state index contributed by atoms with van der Waals surface area (Å²) in [7, 11) is 0. The first-order valence-corrected chi connectivity index (χ1v) is 6.64. The van der Waals surface area contributed by atoms with E-state index in [0.29, 0.717) is 23.8 Å². The van der Waals surface area contributed by atoms with Crippen molar-refractivity contribution in [3.8, 4) is 5.75 Å². The second-order valence-corrected chi connectivity index (χ2v) is 5.13. The van der Waals surface area contributed by atoms with Crippen LogP contribution in [0.15, 0.2) is 12.1 Å². The molecule has 0 bridgehead atoms. The largest absolute Gasteiger partial charge is 0.493 e. The molecule has 1 aromatic rings. The molecule has 0 saturated heterocycles. The van der Waals surface area contributed by atoms with Gasteiger partial charge < -0.3 is 10.5 Å². The second-order valence-electron chi connectivity index (χ2n) is 5.13. The Morgan fingerprint density at radius 2 is 2.00 bits per heavy atom. The predicted octanol–water partition coefficient (Wildman–Crippen LogP) is 3.97. The van der Waals surface area contributed by atoms with Crippen molar-refractivity contribution in [3.05, 3.63) is 29.1 Å². The van der Waals surface area contributed by atoms with Gasteiger partial charge in [0.1, 0.15) is 11.6 Å². The van der Waals surface area contributed by atoms with Crippen molar-refractivity contribution in [3.63, 3.8) is 0 Å². The Kier molecular flexibility index (Phi) is 5.60. The van der Waals surface area contributed by atoms with E-state index in [1.807, 2.05) is 6.92 Å². The number of hydrogen-bond acceptors (Lipinski definition) is 2. The Bertz CT molecular complexity index is 390. The monoisotopic (exact) mass is 253 g/mol. The maximum atomic E-state index is 13.5. The summed E-state index contributed by atoms with van der Waals surface area (Å²) < 4.78 is 19.3. The molecule has 102 valence electrons. The minimum absolute atomic E-state index is 0.225. The standard InChI is InChI=1S/C15H24FNO/c1-5-6-10(2)9-18-15-7-11(3)14(16)8-13(15)12(4)17/h7-8,10,12H,5-6,9,17H2,1-4H3/t10?,12-/m0/s1. The Morgan fingerprint density at radius 1 is 1.33 bits per heavy atom. The van der Waals surface area contributed by atoms with E-state index >= 15 is 0 Å². The van der Waals surface area contributed by atoms with Gasteiger partial charge in [0.05, 0.1) is 6.61 Å². The maximum absolute atomic E-state index is 13.5. The van der Waals surface area contributed by atoms with Crippen molar-refractivity contribution in [2.24, 2.45) is 11.7 Å². The van der Waals surface area contributed by atoms with E-state index in [1.54, 1.807) is 13.0 Å². The van der Waals surface area contributed by atoms with E-state index in [4.69, 9.17) is 10.5 Å². The third-order valence-electron chi connectivity index (χ3n) is 3.09. The maximum Gasteiger partial charge on any atom is 0.126 e. The van der Waals surface area contributed by atoms with Gasteiger partial charge in [0.15, 0.2) is 0 Å². The van der Waals surface area contributed by atoms with Crippen LogP contribution >= 0.6 is 0 Å². The number of halogens is 1.